The minimum Gasteiger partial charge on any atom is -0.236 e. The zero-order valence-electron chi connectivity index (χ0n) is 16.6. The van der Waals surface area contributed by atoms with Crippen molar-refractivity contribution in [3.63, 3.8) is 0 Å². The molecule has 2 aromatic rings. The number of rotatable bonds is 6. The molecule has 1 aromatic carbocycles. The van der Waals surface area contributed by atoms with Gasteiger partial charge in [-0.3, -0.25) is 0 Å². The van der Waals surface area contributed by atoms with E-state index in [9.17, 15) is 8.78 Å². The summed E-state index contributed by atoms with van der Waals surface area (Å²) in [4.78, 5) is 8.91. The Morgan fingerprint density at radius 2 is 1.68 bits per heavy atom. The van der Waals surface area contributed by atoms with Gasteiger partial charge in [-0.25, -0.2) is 18.7 Å². The van der Waals surface area contributed by atoms with Crippen molar-refractivity contribution in [2.75, 3.05) is 0 Å². The maximum Gasteiger partial charge on any atom is 0.159 e. The average Bonchev–Trinajstić information content (AvgIpc) is 2.72. The molecule has 0 bridgehead atoms. The lowest BCUT2D eigenvalue weighted by molar-refractivity contribution is 0.172. The van der Waals surface area contributed by atoms with Gasteiger partial charge in [-0.2, -0.15) is 5.26 Å². The topological polar surface area (TPSA) is 49.6 Å². The third kappa shape index (κ3) is 3.78. The van der Waals surface area contributed by atoms with Crippen molar-refractivity contribution < 1.29 is 8.78 Å². The fourth-order valence-corrected chi connectivity index (χ4v) is 4.88. The molecule has 0 aliphatic heterocycles. The van der Waals surface area contributed by atoms with Gasteiger partial charge in [-0.1, -0.05) is 46.0 Å². The summed E-state index contributed by atoms with van der Waals surface area (Å²) in [6, 6.07) is 3.79. The van der Waals surface area contributed by atoms with Gasteiger partial charge in [-0.15, -0.1) is 0 Å². The van der Waals surface area contributed by atoms with Crippen molar-refractivity contribution in [2.24, 2.45) is 5.92 Å². The smallest absolute Gasteiger partial charge is 0.159 e. The number of halogens is 2. The van der Waals surface area contributed by atoms with Crippen molar-refractivity contribution in [3.05, 3.63) is 47.3 Å². The van der Waals surface area contributed by atoms with Crippen molar-refractivity contribution in [3.8, 4) is 17.5 Å². The Morgan fingerprint density at radius 3 is 2.18 bits per heavy atom. The highest BCUT2D eigenvalue weighted by Crippen LogP contribution is 2.47. The predicted octanol–water partition coefficient (Wildman–Crippen LogP) is 6.32. The quantitative estimate of drug-likeness (QED) is 0.586. The Labute approximate surface area is 165 Å². The molecule has 1 unspecified atom stereocenters. The predicted molar refractivity (Wildman–Crippen MR) is 106 cm³/mol. The van der Waals surface area contributed by atoms with Crippen molar-refractivity contribution >= 4 is 0 Å². The van der Waals surface area contributed by atoms with Crippen LogP contribution in [-0.4, -0.2) is 9.97 Å². The van der Waals surface area contributed by atoms with E-state index in [0.717, 1.165) is 43.4 Å². The minimum atomic E-state index is -0.886. The van der Waals surface area contributed by atoms with Crippen molar-refractivity contribution in [1.82, 2.24) is 9.97 Å². The number of nitriles is 1. The summed E-state index contributed by atoms with van der Waals surface area (Å²) in [6.07, 6.45) is 13.2. The molecule has 148 valence electrons. The molecule has 28 heavy (non-hydrogen) atoms. The molecule has 0 amide bonds. The second-order valence-corrected chi connectivity index (χ2v) is 7.83. The van der Waals surface area contributed by atoms with Crippen LogP contribution in [0.4, 0.5) is 8.78 Å². The minimum absolute atomic E-state index is 0.0999. The molecule has 1 aliphatic rings. The van der Waals surface area contributed by atoms with E-state index in [1.54, 1.807) is 0 Å². The molecule has 5 heteroatoms. The number of aromatic nitrogens is 2. The lowest BCUT2D eigenvalue weighted by atomic mass is 9.61. The van der Waals surface area contributed by atoms with Crippen LogP contribution in [-0.2, 0) is 5.41 Å². The number of benzene rings is 1. The summed E-state index contributed by atoms with van der Waals surface area (Å²) in [5, 5.41) is 8.83. The first-order valence-electron chi connectivity index (χ1n) is 10.3. The number of nitrogens with zero attached hydrogens (tertiary/aromatic N) is 3. The van der Waals surface area contributed by atoms with Gasteiger partial charge < -0.3 is 0 Å². The molecule has 1 aromatic heterocycles. The van der Waals surface area contributed by atoms with Crippen LogP contribution in [0.25, 0.3) is 11.4 Å². The zero-order valence-corrected chi connectivity index (χ0v) is 16.6. The van der Waals surface area contributed by atoms with E-state index >= 15 is 0 Å². The summed E-state index contributed by atoms with van der Waals surface area (Å²) in [6.45, 7) is 4.49. The van der Waals surface area contributed by atoms with E-state index in [2.05, 4.69) is 23.8 Å². The van der Waals surface area contributed by atoms with Gasteiger partial charge in [0.05, 0.1) is 0 Å². The standard InChI is InChI=1S/C23H27F2N3/c1-3-8-17(4-2)23(9-6-5-7-10-23)18-14-27-22(28-15-18)16-11-20(24)19(13-26)21(25)12-16/h11-12,14-15,17H,3-10H2,1-2H3. The summed E-state index contributed by atoms with van der Waals surface area (Å²) >= 11 is 0. The summed E-state index contributed by atoms with van der Waals surface area (Å²) in [5.41, 5.74) is 0.916. The maximum absolute atomic E-state index is 13.9. The molecular formula is C23H27F2N3. The molecule has 1 saturated carbocycles. The Balaban J connectivity index is 1.97. The molecule has 1 aliphatic carbocycles. The van der Waals surface area contributed by atoms with E-state index in [0.29, 0.717) is 5.92 Å². The lowest BCUT2D eigenvalue weighted by Crippen LogP contribution is -2.37. The summed E-state index contributed by atoms with van der Waals surface area (Å²) in [5.74, 6) is -0.900. The SMILES string of the molecule is CCCC(CC)C1(c2cnc(-c3cc(F)c(C#N)c(F)c3)nc2)CCCCC1. The normalized spacial score (nSPS) is 17.1. The molecule has 3 nitrogen and oxygen atoms in total. The first kappa shape index (κ1) is 20.4. The first-order chi connectivity index (χ1) is 13.6. The van der Waals surface area contributed by atoms with Gasteiger partial charge in [0.2, 0.25) is 0 Å². The molecule has 1 atom stereocenters. The van der Waals surface area contributed by atoms with Crippen LogP contribution in [0, 0.1) is 28.9 Å². The van der Waals surface area contributed by atoms with Crippen LogP contribution in [0.1, 0.15) is 76.3 Å². The third-order valence-electron chi connectivity index (χ3n) is 6.30. The van der Waals surface area contributed by atoms with Gasteiger partial charge in [0.1, 0.15) is 23.3 Å². The van der Waals surface area contributed by atoms with E-state index in [1.165, 1.54) is 31.8 Å². The Bertz CT molecular complexity index is 826. The highest BCUT2D eigenvalue weighted by Gasteiger charge is 2.40. The molecule has 0 spiro atoms. The zero-order chi connectivity index (χ0) is 20.1. The maximum atomic E-state index is 13.9. The molecule has 0 saturated heterocycles. The third-order valence-corrected chi connectivity index (χ3v) is 6.30. The van der Waals surface area contributed by atoms with Crippen LogP contribution in [0.2, 0.25) is 0 Å². The molecule has 1 fully saturated rings. The average molecular weight is 383 g/mol. The lowest BCUT2D eigenvalue weighted by Gasteiger charge is -2.44. The monoisotopic (exact) mass is 383 g/mol. The first-order valence-corrected chi connectivity index (χ1v) is 10.3. The summed E-state index contributed by atoms with van der Waals surface area (Å²) in [7, 11) is 0. The van der Waals surface area contributed by atoms with Crippen LogP contribution in [0.15, 0.2) is 24.5 Å². The van der Waals surface area contributed by atoms with Crippen molar-refractivity contribution in [2.45, 2.75) is 70.6 Å². The second-order valence-electron chi connectivity index (χ2n) is 7.83. The van der Waals surface area contributed by atoms with E-state index in [4.69, 9.17) is 5.26 Å². The van der Waals surface area contributed by atoms with Gasteiger partial charge in [0, 0.05) is 23.4 Å². The molecule has 3 rings (SSSR count). The van der Waals surface area contributed by atoms with Crippen LogP contribution in [0.5, 0.6) is 0 Å². The Hall–Kier alpha value is -2.35. The number of hydrogen-bond acceptors (Lipinski definition) is 3. The Kier molecular flexibility index (Phi) is 6.39. The summed E-state index contributed by atoms with van der Waals surface area (Å²) < 4.78 is 27.9. The fraction of sp³-hybridized carbons (Fsp3) is 0.522. The number of hydrogen-bond donors (Lipinski definition) is 0. The Morgan fingerprint density at radius 1 is 1.07 bits per heavy atom. The largest absolute Gasteiger partial charge is 0.236 e. The van der Waals surface area contributed by atoms with Crippen LogP contribution < -0.4 is 0 Å². The van der Waals surface area contributed by atoms with E-state index in [-0.39, 0.29) is 16.8 Å². The second kappa shape index (κ2) is 8.77. The highest BCUT2D eigenvalue weighted by atomic mass is 19.1. The molecule has 1 heterocycles. The molecular weight excluding hydrogens is 356 g/mol. The molecule has 0 radical (unpaired) electrons. The van der Waals surface area contributed by atoms with Gasteiger partial charge in [0.25, 0.3) is 0 Å². The van der Waals surface area contributed by atoms with Gasteiger partial charge in [0.15, 0.2) is 5.82 Å². The highest BCUT2D eigenvalue weighted by molar-refractivity contribution is 5.57. The van der Waals surface area contributed by atoms with E-state index in [1.807, 2.05) is 12.4 Å². The fourth-order valence-electron chi connectivity index (χ4n) is 4.88. The van der Waals surface area contributed by atoms with Gasteiger partial charge in [-0.05, 0) is 42.9 Å². The van der Waals surface area contributed by atoms with Crippen molar-refractivity contribution in [1.29, 1.82) is 5.26 Å². The van der Waals surface area contributed by atoms with Crippen LogP contribution in [0.3, 0.4) is 0 Å². The van der Waals surface area contributed by atoms with Crippen LogP contribution >= 0.6 is 0 Å². The molecule has 0 N–H and O–H groups in total. The van der Waals surface area contributed by atoms with Gasteiger partial charge >= 0.3 is 0 Å². The van der Waals surface area contributed by atoms with E-state index < -0.39 is 17.2 Å².